The lowest BCUT2D eigenvalue weighted by Crippen LogP contribution is -2.43. The molecule has 0 bridgehead atoms. The number of nitrogens with one attached hydrogen (secondary N) is 2. The molecular weight excluding hydrogens is 322 g/mol. The van der Waals surface area contributed by atoms with Crippen LogP contribution in [0.2, 0.25) is 0 Å². The number of aliphatic hydroxyl groups is 1. The average molecular weight is 347 g/mol. The summed E-state index contributed by atoms with van der Waals surface area (Å²) in [6.07, 6.45) is 0.766. The molecule has 2 amide bonds. The van der Waals surface area contributed by atoms with Crippen molar-refractivity contribution in [2.45, 2.75) is 18.9 Å². The van der Waals surface area contributed by atoms with E-state index in [2.05, 4.69) is 39.8 Å². The Bertz CT molecular complexity index is 637. The molecule has 3 N–H and O–H groups in total. The maximum Gasteiger partial charge on any atom is 0.314 e. The third kappa shape index (κ3) is 5.25. The number of thiophene rings is 1. The normalized spacial score (nSPS) is 13.2. The van der Waals surface area contributed by atoms with Crippen LogP contribution in [-0.4, -0.2) is 38.3 Å². The predicted octanol–water partition coefficient (Wildman–Crippen LogP) is 2.56. The predicted molar refractivity (Wildman–Crippen MR) is 99.8 cm³/mol. The summed E-state index contributed by atoms with van der Waals surface area (Å²) in [6, 6.07) is 11.7. The Hall–Kier alpha value is -2.05. The van der Waals surface area contributed by atoms with E-state index in [1.165, 1.54) is 16.9 Å². The van der Waals surface area contributed by atoms with E-state index in [0.717, 1.165) is 17.0 Å². The van der Waals surface area contributed by atoms with Gasteiger partial charge in [-0.2, -0.15) is 0 Å². The highest BCUT2D eigenvalue weighted by molar-refractivity contribution is 7.10. The van der Waals surface area contributed by atoms with Gasteiger partial charge in [0.05, 0.1) is 6.54 Å². The first kappa shape index (κ1) is 18.3. The van der Waals surface area contributed by atoms with Gasteiger partial charge in [0.25, 0.3) is 0 Å². The van der Waals surface area contributed by atoms with Gasteiger partial charge in [0.1, 0.15) is 5.60 Å². The fourth-order valence-corrected chi connectivity index (χ4v) is 3.06. The molecule has 1 aromatic carbocycles. The lowest BCUT2D eigenvalue weighted by atomic mass is 10.1. The van der Waals surface area contributed by atoms with Gasteiger partial charge in [-0.05, 0) is 42.5 Å². The summed E-state index contributed by atoms with van der Waals surface area (Å²) in [6.45, 7) is 2.43. The Balaban J connectivity index is 1.71. The maximum atomic E-state index is 11.9. The van der Waals surface area contributed by atoms with Crippen LogP contribution in [0.1, 0.15) is 17.4 Å². The van der Waals surface area contributed by atoms with Gasteiger partial charge in [-0.15, -0.1) is 11.3 Å². The van der Waals surface area contributed by atoms with Crippen molar-refractivity contribution in [3.05, 3.63) is 52.2 Å². The second-order valence-corrected chi connectivity index (χ2v) is 7.12. The Morgan fingerprint density at radius 1 is 1.21 bits per heavy atom. The molecule has 2 rings (SSSR count). The highest BCUT2D eigenvalue weighted by atomic mass is 32.1. The molecule has 1 atom stereocenters. The standard InChI is InChI=1S/C18H25N3O2S/c1-18(23,16-5-4-12-24-16)13-20-17(22)19-11-10-14-6-8-15(9-7-14)21(2)3/h4-9,12,23H,10-11,13H2,1-3H3,(H2,19,20,22). The molecule has 0 aliphatic carbocycles. The number of amides is 2. The quantitative estimate of drug-likeness (QED) is 0.721. The minimum Gasteiger partial charge on any atom is -0.383 e. The van der Waals surface area contributed by atoms with Crippen LogP contribution in [0.15, 0.2) is 41.8 Å². The SMILES string of the molecule is CN(C)c1ccc(CCNC(=O)NCC(C)(O)c2cccs2)cc1. The summed E-state index contributed by atoms with van der Waals surface area (Å²) in [5, 5.41) is 17.8. The number of benzene rings is 1. The number of hydrogen-bond acceptors (Lipinski definition) is 4. The Morgan fingerprint density at radius 3 is 2.50 bits per heavy atom. The van der Waals surface area contributed by atoms with E-state index in [9.17, 15) is 9.90 Å². The number of carbonyl (C=O) groups excluding carboxylic acids is 1. The number of hydrogen-bond donors (Lipinski definition) is 3. The second kappa shape index (κ2) is 8.17. The first-order valence-corrected chi connectivity index (χ1v) is 8.81. The van der Waals surface area contributed by atoms with E-state index < -0.39 is 5.60 Å². The largest absolute Gasteiger partial charge is 0.383 e. The Kier molecular flexibility index (Phi) is 6.23. The van der Waals surface area contributed by atoms with Gasteiger partial charge in [-0.1, -0.05) is 18.2 Å². The number of nitrogens with zero attached hydrogens (tertiary/aromatic N) is 1. The molecule has 1 aromatic heterocycles. The molecule has 0 spiro atoms. The zero-order valence-electron chi connectivity index (χ0n) is 14.4. The highest BCUT2D eigenvalue weighted by Crippen LogP contribution is 2.24. The minimum atomic E-state index is -1.05. The van der Waals surface area contributed by atoms with Crippen molar-refractivity contribution in [1.82, 2.24) is 10.6 Å². The van der Waals surface area contributed by atoms with Gasteiger partial charge < -0.3 is 20.6 Å². The van der Waals surface area contributed by atoms with E-state index in [-0.39, 0.29) is 12.6 Å². The van der Waals surface area contributed by atoms with E-state index >= 15 is 0 Å². The first-order chi connectivity index (χ1) is 11.4. The van der Waals surface area contributed by atoms with Crippen molar-refractivity contribution >= 4 is 23.1 Å². The molecular formula is C18H25N3O2S. The third-order valence-electron chi connectivity index (χ3n) is 3.80. The number of carbonyl (C=O) groups is 1. The average Bonchev–Trinajstić information content (AvgIpc) is 3.09. The van der Waals surface area contributed by atoms with Crippen molar-refractivity contribution in [3.8, 4) is 0 Å². The Morgan fingerprint density at radius 2 is 1.92 bits per heavy atom. The molecule has 0 saturated heterocycles. The lowest BCUT2D eigenvalue weighted by molar-refractivity contribution is 0.0631. The molecule has 0 aliphatic heterocycles. The molecule has 2 aromatic rings. The summed E-state index contributed by atoms with van der Waals surface area (Å²) in [5.41, 5.74) is 1.28. The molecule has 1 unspecified atom stereocenters. The van der Waals surface area contributed by atoms with Gasteiger partial charge in [0.2, 0.25) is 0 Å². The van der Waals surface area contributed by atoms with E-state index in [1.807, 2.05) is 31.6 Å². The van der Waals surface area contributed by atoms with Crippen LogP contribution in [0, 0.1) is 0 Å². The molecule has 24 heavy (non-hydrogen) atoms. The minimum absolute atomic E-state index is 0.177. The van der Waals surface area contributed by atoms with Crippen LogP contribution in [0.3, 0.4) is 0 Å². The van der Waals surface area contributed by atoms with Gasteiger partial charge in [-0.25, -0.2) is 4.79 Å². The van der Waals surface area contributed by atoms with Crippen LogP contribution >= 0.6 is 11.3 Å². The number of rotatable bonds is 7. The van der Waals surface area contributed by atoms with Crippen LogP contribution in [0.25, 0.3) is 0 Å². The summed E-state index contributed by atoms with van der Waals surface area (Å²) in [7, 11) is 4.01. The van der Waals surface area contributed by atoms with Crippen molar-refractivity contribution in [1.29, 1.82) is 0 Å². The molecule has 130 valence electrons. The zero-order chi connectivity index (χ0) is 17.6. The monoisotopic (exact) mass is 347 g/mol. The van der Waals surface area contributed by atoms with Gasteiger partial charge in [-0.3, -0.25) is 0 Å². The van der Waals surface area contributed by atoms with Crippen LogP contribution in [-0.2, 0) is 12.0 Å². The molecule has 0 radical (unpaired) electrons. The molecule has 0 saturated carbocycles. The van der Waals surface area contributed by atoms with Crippen molar-refractivity contribution in [2.24, 2.45) is 0 Å². The number of anilines is 1. The lowest BCUT2D eigenvalue weighted by Gasteiger charge is -2.22. The topological polar surface area (TPSA) is 64.6 Å². The second-order valence-electron chi connectivity index (χ2n) is 6.17. The zero-order valence-corrected chi connectivity index (χ0v) is 15.2. The smallest absolute Gasteiger partial charge is 0.314 e. The van der Waals surface area contributed by atoms with E-state index in [0.29, 0.717) is 6.54 Å². The van der Waals surface area contributed by atoms with Crippen LogP contribution in [0.4, 0.5) is 10.5 Å². The van der Waals surface area contributed by atoms with Crippen LogP contribution < -0.4 is 15.5 Å². The fraction of sp³-hybridized carbons (Fsp3) is 0.389. The first-order valence-electron chi connectivity index (χ1n) is 7.93. The van der Waals surface area contributed by atoms with Crippen molar-refractivity contribution < 1.29 is 9.90 Å². The fourth-order valence-electron chi connectivity index (χ4n) is 2.27. The third-order valence-corrected chi connectivity index (χ3v) is 4.92. The van der Waals surface area contributed by atoms with E-state index in [1.54, 1.807) is 6.92 Å². The van der Waals surface area contributed by atoms with Gasteiger partial charge in [0, 0.05) is 31.2 Å². The summed E-state index contributed by atoms with van der Waals surface area (Å²) in [5.74, 6) is 0. The summed E-state index contributed by atoms with van der Waals surface area (Å²) in [4.78, 5) is 14.7. The summed E-state index contributed by atoms with van der Waals surface area (Å²) >= 11 is 1.47. The highest BCUT2D eigenvalue weighted by Gasteiger charge is 2.24. The molecule has 0 fully saturated rings. The van der Waals surface area contributed by atoms with Gasteiger partial charge in [0.15, 0.2) is 0 Å². The van der Waals surface area contributed by atoms with Gasteiger partial charge >= 0.3 is 6.03 Å². The molecule has 5 nitrogen and oxygen atoms in total. The molecule has 0 aliphatic rings. The van der Waals surface area contributed by atoms with Crippen LogP contribution in [0.5, 0.6) is 0 Å². The number of urea groups is 1. The molecule has 6 heteroatoms. The molecule has 1 heterocycles. The van der Waals surface area contributed by atoms with Crippen molar-refractivity contribution in [3.63, 3.8) is 0 Å². The van der Waals surface area contributed by atoms with E-state index in [4.69, 9.17) is 0 Å². The maximum absolute atomic E-state index is 11.9. The van der Waals surface area contributed by atoms with Crippen molar-refractivity contribution in [2.75, 3.05) is 32.1 Å². The summed E-state index contributed by atoms with van der Waals surface area (Å²) < 4.78 is 0. The Labute approximate surface area is 147 Å².